The van der Waals surface area contributed by atoms with Gasteiger partial charge in [-0.3, -0.25) is 14.4 Å². The zero-order valence-electron chi connectivity index (χ0n) is 16.8. The molecule has 0 aliphatic carbocycles. The maximum Gasteiger partial charge on any atom is 0.257 e. The summed E-state index contributed by atoms with van der Waals surface area (Å²) >= 11 is 1.74. The number of nitrogens with zero attached hydrogens (tertiary/aromatic N) is 1. The Morgan fingerprint density at radius 2 is 1.90 bits per heavy atom. The molecule has 1 aliphatic heterocycles. The summed E-state index contributed by atoms with van der Waals surface area (Å²) in [5.41, 5.74) is 1.47. The van der Waals surface area contributed by atoms with Gasteiger partial charge in [0.05, 0.1) is 5.69 Å². The van der Waals surface area contributed by atoms with Crippen LogP contribution in [0.4, 0.5) is 11.4 Å². The molecule has 0 unspecified atom stereocenters. The van der Waals surface area contributed by atoms with Crippen molar-refractivity contribution in [2.75, 3.05) is 35.7 Å². The fraction of sp³-hybridized carbons (Fsp3) is 0.318. The van der Waals surface area contributed by atoms with E-state index in [0.717, 1.165) is 16.3 Å². The minimum absolute atomic E-state index is 0.0584. The summed E-state index contributed by atoms with van der Waals surface area (Å²) in [4.78, 5) is 39.3. The Kier molecular flexibility index (Phi) is 7.73. The summed E-state index contributed by atoms with van der Waals surface area (Å²) < 4.78 is 5.43. The number of anilines is 2. The van der Waals surface area contributed by atoms with Gasteiger partial charge in [-0.2, -0.15) is 0 Å². The molecule has 0 bridgehead atoms. The van der Waals surface area contributed by atoms with Gasteiger partial charge in [-0.1, -0.05) is 18.2 Å². The molecule has 2 aromatic carbocycles. The van der Waals surface area contributed by atoms with Gasteiger partial charge in [0.1, 0.15) is 5.75 Å². The van der Waals surface area contributed by atoms with Crippen molar-refractivity contribution >= 4 is 40.9 Å². The lowest BCUT2D eigenvalue weighted by Gasteiger charge is -2.29. The van der Waals surface area contributed by atoms with Gasteiger partial charge >= 0.3 is 0 Å². The van der Waals surface area contributed by atoms with E-state index in [1.165, 1.54) is 0 Å². The summed E-state index contributed by atoms with van der Waals surface area (Å²) in [6.07, 6.45) is 0.229. The van der Waals surface area contributed by atoms with Crippen LogP contribution in [-0.2, 0) is 14.4 Å². The summed E-state index contributed by atoms with van der Waals surface area (Å²) in [7, 11) is 0. The van der Waals surface area contributed by atoms with Crippen LogP contribution in [-0.4, -0.2) is 43.2 Å². The van der Waals surface area contributed by atoms with Gasteiger partial charge in [0, 0.05) is 48.3 Å². The van der Waals surface area contributed by atoms with Crippen LogP contribution in [0.2, 0.25) is 0 Å². The molecule has 2 aromatic rings. The SMILES string of the molecule is CCNC(=O)COc1cccc(NC(=O)CCC(=O)N2CCSc3ccccc32)c1. The Morgan fingerprint density at radius 3 is 2.73 bits per heavy atom. The Morgan fingerprint density at radius 1 is 1.07 bits per heavy atom. The first kappa shape index (κ1) is 21.7. The van der Waals surface area contributed by atoms with E-state index in [1.807, 2.05) is 31.2 Å². The van der Waals surface area contributed by atoms with Crippen LogP contribution in [0.3, 0.4) is 0 Å². The predicted octanol–water partition coefficient (Wildman–Crippen LogP) is 3.06. The van der Waals surface area contributed by atoms with Crippen molar-refractivity contribution in [2.45, 2.75) is 24.7 Å². The molecule has 0 fully saturated rings. The number of carbonyl (C=O) groups is 3. The number of carbonyl (C=O) groups excluding carboxylic acids is 3. The molecule has 2 N–H and O–H groups in total. The number of fused-ring (bicyclic) bond motifs is 1. The Hall–Kier alpha value is -3.00. The first-order chi connectivity index (χ1) is 14.6. The van der Waals surface area contributed by atoms with E-state index in [9.17, 15) is 14.4 Å². The largest absolute Gasteiger partial charge is 0.484 e. The molecular formula is C22H25N3O4S. The number of hydrogen-bond acceptors (Lipinski definition) is 5. The Balaban J connectivity index is 1.50. The van der Waals surface area contributed by atoms with Crippen molar-refractivity contribution in [3.8, 4) is 5.75 Å². The number of amides is 3. The summed E-state index contributed by atoms with van der Waals surface area (Å²) in [5.74, 6) is 0.819. The van der Waals surface area contributed by atoms with Gasteiger partial charge in [0.25, 0.3) is 5.91 Å². The highest BCUT2D eigenvalue weighted by Crippen LogP contribution is 2.34. The average Bonchev–Trinajstić information content (AvgIpc) is 2.76. The molecule has 3 amide bonds. The molecule has 7 nitrogen and oxygen atoms in total. The maximum atomic E-state index is 12.7. The summed E-state index contributed by atoms with van der Waals surface area (Å²) in [5, 5.41) is 5.43. The second-order valence-electron chi connectivity index (χ2n) is 6.68. The van der Waals surface area contributed by atoms with Crippen molar-refractivity contribution in [3.63, 3.8) is 0 Å². The fourth-order valence-corrected chi connectivity index (χ4v) is 4.06. The lowest BCUT2D eigenvalue weighted by molar-refractivity contribution is -0.123. The van der Waals surface area contributed by atoms with Gasteiger partial charge in [0.2, 0.25) is 11.8 Å². The third-order valence-electron chi connectivity index (χ3n) is 4.46. The highest BCUT2D eigenvalue weighted by atomic mass is 32.2. The number of nitrogens with one attached hydrogen (secondary N) is 2. The Bertz CT molecular complexity index is 919. The quantitative estimate of drug-likeness (QED) is 0.676. The third-order valence-corrected chi connectivity index (χ3v) is 5.50. The third kappa shape index (κ3) is 6.00. The highest BCUT2D eigenvalue weighted by Gasteiger charge is 2.22. The minimum Gasteiger partial charge on any atom is -0.484 e. The summed E-state index contributed by atoms with van der Waals surface area (Å²) in [6.45, 7) is 2.93. The normalized spacial score (nSPS) is 12.6. The number of benzene rings is 2. The molecular weight excluding hydrogens is 402 g/mol. The lowest BCUT2D eigenvalue weighted by Crippen LogP contribution is -2.35. The van der Waals surface area contributed by atoms with Crippen LogP contribution in [0, 0.1) is 0 Å². The van der Waals surface area contributed by atoms with Crippen LogP contribution in [0.1, 0.15) is 19.8 Å². The fourth-order valence-electron chi connectivity index (χ4n) is 3.07. The maximum absolute atomic E-state index is 12.7. The zero-order chi connectivity index (χ0) is 21.3. The number of ether oxygens (including phenoxy) is 1. The van der Waals surface area contributed by atoms with Crippen LogP contribution < -0.4 is 20.3 Å². The second kappa shape index (κ2) is 10.7. The van der Waals surface area contributed by atoms with E-state index in [-0.39, 0.29) is 37.2 Å². The standard InChI is InChI=1S/C22H25N3O4S/c1-2-23-21(27)15-29-17-7-5-6-16(14-17)24-20(26)10-11-22(28)25-12-13-30-19-9-4-3-8-18(19)25/h3-9,14H,2,10-13,15H2,1H3,(H,23,27)(H,24,26). The van der Waals surface area contributed by atoms with Crippen LogP contribution in [0.15, 0.2) is 53.4 Å². The van der Waals surface area contributed by atoms with E-state index in [0.29, 0.717) is 24.5 Å². The molecule has 0 spiro atoms. The first-order valence-corrected chi connectivity index (χ1v) is 10.9. The smallest absolute Gasteiger partial charge is 0.257 e. The van der Waals surface area contributed by atoms with Crippen LogP contribution >= 0.6 is 11.8 Å². The van der Waals surface area contributed by atoms with Gasteiger partial charge in [0.15, 0.2) is 6.61 Å². The van der Waals surface area contributed by atoms with Gasteiger partial charge < -0.3 is 20.3 Å². The van der Waals surface area contributed by atoms with E-state index < -0.39 is 0 Å². The molecule has 158 valence electrons. The molecule has 0 aromatic heterocycles. The van der Waals surface area contributed by atoms with E-state index in [2.05, 4.69) is 10.6 Å². The molecule has 30 heavy (non-hydrogen) atoms. The van der Waals surface area contributed by atoms with Crippen LogP contribution in [0.25, 0.3) is 0 Å². The molecule has 0 saturated carbocycles. The molecule has 1 aliphatic rings. The lowest BCUT2D eigenvalue weighted by atomic mass is 10.2. The minimum atomic E-state index is -0.246. The van der Waals surface area contributed by atoms with Crippen molar-refractivity contribution < 1.29 is 19.1 Å². The zero-order valence-corrected chi connectivity index (χ0v) is 17.7. The van der Waals surface area contributed by atoms with Crippen molar-refractivity contribution in [3.05, 3.63) is 48.5 Å². The number of rotatable bonds is 8. The summed E-state index contributed by atoms with van der Waals surface area (Å²) in [6, 6.07) is 14.6. The van der Waals surface area contributed by atoms with Gasteiger partial charge in [-0.25, -0.2) is 0 Å². The van der Waals surface area contributed by atoms with E-state index in [1.54, 1.807) is 40.9 Å². The second-order valence-corrected chi connectivity index (χ2v) is 7.82. The van der Waals surface area contributed by atoms with Crippen molar-refractivity contribution in [2.24, 2.45) is 0 Å². The molecule has 3 rings (SSSR count). The number of thioether (sulfide) groups is 1. The number of para-hydroxylation sites is 1. The topological polar surface area (TPSA) is 87.7 Å². The average molecular weight is 428 g/mol. The van der Waals surface area contributed by atoms with Crippen molar-refractivity contribution in [1.82, 2.24) is 5.32 Å². The molecule has 8 heteroatoms. The first-order valence-electron chi connectivity index (χ1n) is 9.88. The number of hydrogen-bond donors (Lipinski definition) is 2. The van der Waals surface area contributed by atoms with E-state index in [4.69, 9.17) is 4.74 Å². The van der Waals surface area contributed by atoms with Crippen LogP contribution in [0.5, 0.6) is 5.75 Å². The molecule has 0 saturated heterocycles. The predicted molar refractivity (Wildman–Crippen MR) is 118 cm³/mol. The Labute approximate surface area is 180 Å². The molecule has 0 atom stereocenters. The monoisotopic (exact) mass is 427 g/mol. The highest BCUT2D eigenvalue weighted by molar-refractivity contribution is 7.99. The van der Waals surface area contributed by atoms with E-state index >= 15 is 0 Å². The molecule has 1 heterocycles. The molecule has 0 radical (unpaired) electrons. The van der Waals surface area contributed by atoms with Gasteiger partial charge in [-0.05, 0) is 31.2 Å². The van der Waals surface area contributed by atoms with Gasteiger partial charge in [-0.15, -0.1) is 11.8 Å². The van der Waals surface area contributed by atoms with Crippen molar-refractivity contribution in [1.29, 1.82) is 0 Å². The number of likely N-dealkylation sites (N-methyl/N-ethyl adjacent to an activating group) is 1.